The van der Waals surface area contributed by atoms with Crippen LogP contribution in [0.15, 0.2) is 47.4 Å². The molecule has 0 saturated carbocycles. The first-order valence-corrected chi connectivity index (χ1v) is 6.79. The summed E-state index contributed by atoms with van der Waals surface area (Å²) >= 11 is 0. The molecule has 0 spiro atoms. The quantitative estimate of drug-likeness (QED) is 0.492. The lowest BCUT2D eigenvalue weighted by Gasteiger charge is -1.98. The van der Waals surface area contributed by atoms with Gasteiger partial charge in [0.15, 0.2) is 0 Å². The van der Waals surface area contributed by atoms with E-state index in [1.54, 1.807) is 10.7 Å². The lowest BCUT2D eigenvalue weighted by molar-refractivity contribution is 0.297. The van der Waals surface area contributed by atoms with E-state index < -0.39 is 0 Å². The summed E-state index contributed by atoms with van der Waals surface area (Å²) in [6, 6.07) is 12.1. The van der Waals surface area contributed by atoms with Gasteiger partial charge in [-0.1, -0.05) is 18.2 Å². The van der Waals surface area contributed by atoms with Gasteiger partial charge in [-0.05, 0) is 18.2 Å². The minimum atomic E-state index is -0.0398. The highest BCUT2D eigenvalue weighted by atomic mass is 16.5. The number of para-hydroxylation sites is 1. The van der Waals surface area contributed by atoms with Crippen LogP contribution in [0.5, 0.6) is 0 Å². The van der Waals surface area contributed by atoms with Gasteiger partial charge in [0, 0.05) is 22.5 Å². The fourth-order valence-corrected chi connectivity index (χ4v) is 3.03. The van der Waals surface area contributed by atoms with Crippen molar-refractivity contribution in [3.05, 3.63) is 63.7 Å². The number of fused-ring (bicyclic) bond motifs is 5. The molecule has 4 nitrogen and oxygen atoms in total. The number of hydrogen-bond donors (Lipinski definition) is 0. The van der Waals surface area contributed by atoms with Crippen molar-refractivity contribution in [3.8, 4) is 0 Å². The van der Waals surface area contributed by atoms with Crippen LogP contribution in [0.2, 0.25) is 0 Å². The highest BCUT2D eigenvalue weighted by molar-refractivity contribution is 6.00. The summed E-state index contributed by atoms with van der Waals surface area (Å²) in [5.74, 6) is 0. The molecule has 3 aromatic heterocycles. The topological polar surface area (TPSA) is 43.6 Å². The van der Waals surface area contributed by atoms with Crippen molar-refractivity contribution in [2.24, 2.45) is 0 Å². The van der Waals surface area contributed by atoms with Crippen LogP contribution in [0.4, 0.5) is 0 Å². The van der Waals surface area contributed by atoms with Gasteiger partial charge < -0.3 is 4.74 Å². The highest BCUT2D eigenvalue weighted by Gasteiger charge is 2.14. The Bertz CT molecular complexity index is 1160. The molecule has 4 heteroatoms. The van der Waals surface area contributed by atoms with Gasteiger partial charge >= 0.3 is 0 Å². The molecule has 1 aliphatic rings. The fourth-order valence-electron chi connectivity index (χ4n) is 3.03. The van der Waals surface area contributed by atoms with Gasteiger partial charge in [-0.25, -0.2) is 4.98 Å². The molecule has 1 aliphatic heterocycles. The first kappa shape index (κ1) is 10.9. The molecular formula is C17H10N2O2. The smallest absolute Gasteiger partial charge is 0.265 e. The zero-order valence-electron chi connectivity index (χ0n) is 11.0. The van der Waals surface area contributed by atoms with E-state index in [0.29, 0.717) is 11.8 Å². The third-order valence-electron chi connectivity index (χ3n) is 4.07. The van der Waals surface area contributed by atoms with Crippen molar-refractivity contribution in [1.82, 2.24) is 9.38 Å². The van der Waals surface area contributed by atoms with Gasteiger partial charge in [-0.3, -0.25) is 9.20 Å². The first-order chi connectivity index (χ1) is 10.3. The third kappa shape index (κ3) is 1.34. The summed E-state index contributed by atoms with van der Waals surface area (Å²) in [6.45, 7) is 0.460. The Morgan fingerprint density at radius 3 is 3.00 bits per heavy atom. The Hall–Kier alpha value is -2.88. The maximum Gasteiger partial charge on any atom is 0.265 e. The van der Waals surface area contributed by atoms with Crippen LogP contribution >= 0.6 is 0 Å². The molecule has 4 heterocycles. The zero-order chi connectivity index (χ0) is 14.0. The Kier molecular flexibility index (Phi) is 1.86. The SMILES string of the molecule is O=c1c2c(cc3c4nc5ccccc5cc4cn13)COC=2. The molecule has 0 amide bonds. The second kappa shape index (κ2) is 3.61. The van der Waals surface area contributed by atoms with E-state index in [4.69, 9.17) is 9.72 Å². The van der Waals surface area contributed by atoms with Crippen LogP contribution in [-0.2, 0) is 11.3 Å². The van der Waals surface area contributed by atoms with E-state index in [2.05, 4.69) is 6.07 Å². The Morgan fingerprint density at radius 2 is 2.05 bits per heavy atom. The molecule has 0 N–H and O–H groups in total. The summed E-state index contributed by atoms with van der Waals surface area (Å²) in [5.41, 5.74) is 3.54. The number of benzene rings is 1. The molecule has 0 radical (unpaired) electrons. The monoisotopic (exact) mass is 274 g/mol. The second-order valence-electron chi connectivity index (χ2n) is 5.32. The van der Waals surface area contributed by atoms with Crippen LogP contribution in [-0.4, -0.2) is 9.38 Å². The van der Waals surface area contributed by atoms with Crippen LogP contribution in [0.1, 0.15) is 5.56 Å². The predicted molar refractivity (Wildman–Crippen MR) is 80.9 cm³/mol. The van der Waals surface area contributed by atoms with Gasteiger partial charge in [0.25, 0.3) is 5.56 Å². The van der Waals surface area contributed by atoms with Crippen LogP contribution in [0, 0.1) is 0 Å². The molecule has 100 valence electrons. The Balaban J connectivity index is 2.05. The van der Waals surface area contributed by atoms with E-state index in [-0.39, 0.29) is 5.56 Å². The number of rotatable bonds is 0. The van der Waals surface area contributed by atoms with Crippen molar-refractivity contribution < 1.29 is 4.74 Å². The molecule has 5 rings (SSSR count). The molecule has 0 atom stereocenters. The van der Waals surface area contributed by atoms with Gasteiger partial charge in [0.1, 0.15) is 6.61 Å². The average molecular weight is 274 g/mol. The summed E-state index contributed by atoms with van der Waals surface area (Å²) in [7, 11) is 0. The van der Waals surface area contributed by atoms with Crippen molar-refractivity contribution in [2.75, 3.05) is 0 Å². The molecule has 21 heavy (non-hydrogen) atoms. The molecule has 4 aromatic rings. The van der Waals surface area contributed by atoms with Crippen LogP contribution < -0.4 is 10.8 Å². The summed E-state index contributed by atoms with van der Waals surface area (Å²) in [5, 5.41) is 2.71. The van der Waals surface area contributed by atoms with E-state index >= 15 is 0 Å². The highest BCUT2D eigenvalue weighted by Crippen LogP contribution is 2.24. The minimum absolute atomic E-state index is 0.0398. The normalized spacial score (nSPS) is 13.5. The van der Waals surface area contributed by atoms with Gasteiger partial charge in [0.2, 0.25) is 0 Å². The standard InChI is InChI=1S/C17H10N2O2/c20-17-13-9-21-8-12(13)6-15-16-11(7-19(15)17)5-10-3-1-2-4-14(10)18-16/h1-7,9H,8H2. The average Bonchev–Trinajstić information content (AvgIpc) is 3.10. The van der Waals surface area contributed by atoms with Crippen molar-refractivity contribution in [3.63, 3.8) is 0 Å². The van der Waals surface area contributed by atoms with Crippen molar-refractivity contribution in [2.45, 2.75) is 6.61 Å². The fraction of sp³-hybridized carbons (Fsp3) is 0.0588. The van der Waals surface area contributed by atoms with Crippen molar-refractivity contribution in [1.29, 1.82) is 0 Å². The maximum absolute atomic E-state index is 12.5. The van der Waals surface area contributed by atoms with Crippen LogP contribution in [0.3, 0.4) is 0 Å². The summed E-state index contributed by atoms with van der Waals surface area (Å²) < 4.78 is 6.93. The first-order valence-electron chi connectivity index (χ1n) is 6.79. The summed E-state index contributed by atoms with van der Waals surface area (Å²) in [4.78, 5) is 17.2. The second-order valence-corrected chi connectivity index (χ2v) is 5.32. The Morgan fingerprint density at radius 1 is 1.14 bits per heavy atom. The van der Waals surface area contributed by atoms with E-state index in [1.165, 1.54) is 0 Å². The van der Waals surface area contributed by atoms with E-state index in [9.17, 15) is 4.79 Å². The zero-order valence-corrected chi connectivity index (χ0v) is 11.0. The molecule has 0 fully saturated rings. The number of aromatic nitrogens is 2. The van der Waals surface area contributed by atoms with Gasteiger partial charge in [-0.15, -0.1) is 0 Å². The van der Waals surface area contributed by atoms with Crippen molar-refractivity contribution >= 4 is 33.6 Å². The predicted octanol–water partition coefficient (Wildman–Crippen LogP) is 1.99. The molecule has 1 aromatic carbocycles. The molecule has 0 aliphatic carbocycles. The lowest BCUT2D eigenvalue weighted by Crippen LogP contribution is -2.31. The van der Waals surface area contributed by atoms with E-state index in [0.717, 1.165) is 32.9 Å². The van der Waals surface area contributed by atoms with E-state index in [1.807, 2.05) is 36.5 Å². The van der Waals surface area contributed by atoms with Gasteiger partial charge in [0.05, 0.1) is 28.0 Å². The number of pyridine rings is 2. The van der Waals surface area contributed by atoms with Gasteiger partial charge in [-0.2, -0.15) is 0 Å². The summed E-state index contributed by atoms with van der Waals surface area (Å²) in [6.07, 6.45) is 3.41. The molecule has 0 unspecified atom stereocenters. The lowest BCUT2D eigenvalue weighted by atomic mass is 10.1. The third-order valence-corrected chi connectivity index (χ3v) is 4.07. The molecule has 0 saturated heterocycles. The molecular weight excluding hydrogens is 264 g/mol. The Labute approximate surface area is 118 Å². The maximum atomic E-state index is 12.5. The molecule has 0 bridgehead atoms. The number of hydrogen-bond acceptors (Lipinski definition) is 3. The minimum Gasteiger partial charge on any atom is -0.496 e. The van der Waals surface area contributed by atoms with Crippen LogP contribution in [0.25, 0.3) is 33.6 Å². The number of nitrogens with zero attached hydrogens (tertiary/aromatic N) is 2. The number of ether oxygens (including phenoxy) is 1. The largest absolute Gasteiger partial charge is 0.496 e.